The number of halogens is 2. The first-order valence-electron chi connectivity index (χ1n) is 27.9. The standard InChI is InChI=1S/C70H67N7OS.2HI/c1-47-15-21-50(22-16-47)67-55-31-33-57(71-55)68(51-23-17-48(2)18-24-51)59-35-37-61(73-59)70(62-38-36-60(74-62)69(58-34-32-56(67)72-58)52-25-19-49(3)20-26-52)53-27-29-54(30-28-53)78-46-45-77(5)43-41-76(4,42-44-77)40-10-39-75-63-11-6-8-13-65(63)79-66-14-9-7-12-64(66)75;;/h6-9,11-38,71,74H,10,39-46H2,1-5H3;2*1H/q+2;;/p-2. The minimum atomic E-state index is 0. The van der Waals surface area contributed by atoms with Gasteiger partial charge in [0.05, 0.1) is 54.8 Å². The lowest BCUT2D eigenvalue weighted by molar-refractivity contribution is -1.02. The number of aromatic nitrogens is 4. The Morgan fingerprint density at radius 1 is 0.444 bits per heavy atom. The summed E-state index contributed by atoms with van der Waals surface area (Å²) in [6.07, 6.45) is 9.82. The minimum absolute atomic E-state index is 0. The van der Waals surface area contributed by atoms with E-state index in [4.69, 9.17) is 14.7 Å². The number of piperazine rings is 1. The molecule has 0 atom stereocenters. The summed E-state index contributed by atoms with van der Waals surface area (Å²) in [4.78, 5) is 24.1. The van der Waals surface area contributed by atoms with E-state index in [1.807, 2.05) is 11.8 Å². The van der Waals surface area contributed by atoms with Crippen molar-refractivity contribution >= 4 is 69.5 Å². The highest BCUT2D eigenvalue weighted by Crippen LogP contribution is 2.48. The molecule has 8 bridgehead atoms. The molecule has 3 aromatic heterocycles. The summed E-state index contributed by atoms with van der Waals surface area (Å²) in [5.74, 6) is 0.872. The van der Waals surface area contributed by atoms with Crippen LogP contribution in [-0.4, -0.2) is 95.4 Å². The number of para-hydroxylation sites is 2. The number of likely N-dealkylation sites (N-methyl/N-ethyl adjacent to an activating group) is 2. The van der Waals surface area contributed by atoms with Crippen LogP contribution in [0.1, 0.15) is 45.9 Å². The van der Waals surface area contributed by atoms with Gasteiger partial charge in [-0.1, -0.05) is 138 Å². The number of quaternary nitrogens is 2. The second-order valence-corrected chi connectivity index (χ2v) is 23.7. The Labute approximate surface area is 514 Å². The molecule has 1 fully saturated rings. The minimum Gasteiger partial charge on any atom is -1.00 e. The molecule has 1 saturated heterocycles. The fourth-order valence-electron chi connectivity index (χ4n) is 12.0. The molecule has 8 nitrogen and oxygen atoms in total. The summed E-state index contributed by atoms with van der Waals surface area (Å²) in [6.45, 7) is 14.8. The van der Waals surface area contributed by atoms with Gasteiger partial charge in [-0.15, -0.1) is 0 Å². The van der Waals surface area contributed by atoms with Crippen LogP contribution < -0.4 is 57.6 Å². The van der Waals surface area contributed by atoms with Crippen molar-refractivity contribution in [1.29, 1.82) is 0 Å². The van der Waals surface area contributed by atoms with E-state index in [1.165, 1.54) is 57.5 Å². The lowest BCUT2D eigenvalue weighted by Crippen LogP contribution is -3.00. The van der Waals surface area contributed by atoms with Crippen molar-refractivity contribution in [3.05, 3.63) is 209 Å². The smallest absolute Gasteiger partial charge is 0.137 e. The lowest BCUT2D eigenvalue weighted by atomic mass is 10.0. The van der Waals surface area contributed by atoms with Gasteiger partial charge in [0.15, 0.2) is 0 Å². The third-order valence-electron chi connectivity index (χ3n) is 16.8. The van der Waals surface area contributed by atoms with Gasteiger partial charge in [-0.25, -0.2) is 9.97 Å². The number of anilines is 2. The van der Waals surface area contributed by atoms with E-state index in [1.54, 1.807) is 0 Å². The van der Waals surface area contributed by atoms with Crippen LogP contribution in [0.2, 0.25) is 0 Å². The molecule has 81 heavy (non-hydrogen) atoms. The van der Waals surface area contributed by atoms with E-state index >= 15 is 0 Å². The lowest BCUT2D eigenvalue weighted by Gasteiger charge is -2.46. The van der Waals surface area contributed by atoms with Gasteiger partial charge in [0, 0.05) is 67.1 Å². The van der Waals surface area contributed by atoms with Crippen molar-refractivity contribution in [2.24, 2.45) is 0 Å². The van der Waals surface area contributed by atoms with Crippen LogP contribution >= 0.6 is 11.8 Å². The molecule has 6 aromatic carbocycles. The number of aryl methyl sites for hydroxylation is 3. The summed E-state index contributed by atoms with van der Waals surface area (Å²) in [7, 11) is 4.88. The fraction of sp³-hybridized carbons (Fsp3) is 0.200. The van der Waals surface area contributed by atoms with Crippen LogP contribution in [0, 0.1) is 20.8 Å². The maximum atomic E-state index is 6.61. The van der Waals surface area contributed by atoms with E-state index in [0.717, 1.165) is 137 Å². The molecule has 0 saturated carbocycles. The molecule has 7 heterocycles. The maximum Gasteiger partial charge on any atom is 0.137 e. The van der Waals surface area contributed by atoms with Crippen molar-refractivity contribution in [2.75, 3.05) is 71.4 Å². The van der Waals surface area contributed by atoms with Gasteiger partial charge in [-0.3, -0.25) is 0 Å². The van der Waals surface area contributed by atoms with Gasteiger partial charge in [-0.05, 0) is 128 Å². The molecule has 0 aliphatic carbocycles. The first kappa shape index (κ1) is 56.1. The molecular weight excluding hydrogens is 1240 g/mol. The van der Waals surface area contributed by atoms with E-state index in [2.05, 4.69) is 244 Å². The molecule has 0 spiro atoms. The third-order valence-corrected chi connectivity index (χ3v) is 17.9. The topological polar surface area (TPSA) is 69.8 Å². The zero-order chi connectivity index (χ0) is 53.7. The zero-order valence-electron chi connectivity index (χ0n) is 46.6. The monoisotopic (exact) mass is 1310 g/mol. The number of benzene rings is 6. The average Bonchev–Trinajstić information content (AvgIpc) is 4.54. The highest BCUT2D eigenvalue weighted by Gasteiger charge is 2.37. The number of hydrogen-bond donors (Lipinski definition) is 2. The second-order valence-electron chi connectivity index (χ2n) is 22.6. The van der Waals surface area contributed by atoms with E-state index in [0.29, 0.717) is 6.61 Å². The maximum absolute atomic E-state index is 6.61. The Morgan fingerprint density at radius 2 is 0.790 bits per heavy atom. The van der Waals surface area contributed by atoms with Crippen molar-refractivity contribution < 1.29 is 61.7 Å². The van der Waals surface area contributed by atoms with Crippen molar-refractivity contribution in [3.63, 3.8) is 0 Å². The SMILES string of the molecule is Cc1ccc(-c2c3nc(c(-c4ccc(C)cc4)c4ccc([nH]4)c(-c4ccc(OCC[N+]5(C)CC[N+](C)(CCCN6c7ccccc7Sc7ccccc76)CC5)cc4)c4nc(c(-c5ccc(C)cc5)c5ccc2[nH]5)C=C4)C=C3)cc1.[I-].[I-]. The molecule has 4 aliphatic heterocycles. The number of nitrogens with one attached hydrogen (secondary N) is 2. The summed E-state index contributed by atoms with van der Waals surface area (Å²) in [6, 6.07) is 61.4. The molecule has 11 heteroatoms. The predicted octanol–water partition coefficient (Wildman–Crippen LogP) is 10.2. The molecular formula is C70H67I2N7OS. The Bertz CT molecular complexity index is 3920. The first-order chi connectivity index (χ1) is 38.5. The third kappa shape index (κ3) is 11.6. The number of ether oxygens (including phenoxy) is 1. The van der Waals surface area contributed by atoms with Gasteiger partial charge in [0.25, 0.3) is 0 Å². The molecule has 13 rings (SSSR count). The molecule has 4 aliphatic rings. The molecule has 0 radical (unpaired) electrons. The van der Waals surface area contributed by atoms with Gasteiger partial charge < -0.3 is 76.5 Å². The average molecular weight is 1310 g/mol. The molecule has 0 amide bonds. The molecule has 9 aromatic rings. The van der Waals surface area contributed by atoms with Crippen LogP contribution in [0.5, 0.6) is 5.75 Å². The van der Waals surface area contributed by atoms with Crippen LogP contribution in [-0.2, 0) is 0 Å². The highest BCUT2D eigenvalue weighted by molar-refractivity contribution is 7.99. The van der Waals surface area contributed by atoms with Gasteiger partial charge in [0.1, 0.15) is 45.1 Å². The summed E-state index contributed by atoms with van der Waals surface area (Å²) < 4.78 is 8.75. The van der Waals surface area contributed by atoms with E-state index in [9.17, 15) is 0 Å². The Hall–Kier alpha value is -6.75. The van der Waals surface area contributed by atoms with Crippen LogP contribution in [0.25, 0.3) is 90.9 Å². The number of rotatable bonds is 12. The van der Waals surface area contributed by atoms with Crippen LogP contribution in [0.15, 0.2) is 180 Å². The van der Waals surface area contributed by atoms with Crippen molar-refractivity contribution in [3.8, 4) is 50.3 Å². The summed E-state index contributed by atoms with van der Waals surface area (Å²) >= 11 is 1.89. The molecule has 408 valence electrons. The van der Waals surface area contributed by atoms with Crippen LogP contribution in [0.4, 0.5) is 11.4 Å². The largest absolute Gasteiger partial charge is 1.00 e. The Kier molecular flexibility index (Phi) is 16.4. The number of fused-ring (bicyclic) bond motifs is 10. The number of H-pyrrole nitrogens is 2. The predicted molar refractivity (Wildman–Crippen MR) is 331 cm³/mol. The van der Waals surface area contributed by atoms with Gasteiger partial charge >= 0.3 is 0 Å². The Balaban J connectivity index is 0.00000345. The normalized spacial score (nSPS) is 17.0. The number of hydrogen-bond acceptors (Lipinski definition) is 5. The summed E-state index contributed by atoms with van der Waals surface area (Å²) in [5.41, 5.74) is 22.2. The fourth-order valence-corrected chi connectivity index (χ4v) is 13.0. The summed E-state index contributed by atoms with van der Waals surface area (Å²) in [5, 5.41) is 0. The van der Waals surface area contributed by atoms with Crippen molar-refractivity contribution in [1.82, 2.24) is 19.9 Å². The first-order valence-corrected chi connectivity index (χ1v) is 28.8. The molecule has 2 N–H and O–H groups in total. The highest BCUT2D eigenvalue weighted by atomic mass is 127. The molecule has 0 unspecified atom stereocenters. The van der Waals surface area contributed by atoms with Crippen molar-refractivity contribution in [2.45, 2.75) is 37.0 Å². The quantitative estimate of drug-likeness (QED) is 0.0943. The number of aromatic amines is 2. The van der Waals surface area contributed by atoms with Crippen LogP contribution in [0.3, 0.4) is 0 Å². The number of nitrogens with zero attached hydrogens (tertiary/aromatic N) is 5. The second kappa shape index (κ2) is 23.6. The van der Waals surface area contributed by atoms with E-state index in [-0.39, 0.29) is 48.0 Å². The van der Waals surface area contributed by atoms with E-state index < -0.39 is 0 Å². The Morgan fingerprint density at radius 3 is 1.17 bits per heavy atom. The van der Waals surface area contributed by atoms with Gasteiger partial charge in [0.2, 0.25) is 0 Å². The van der Waals surface area contributed by atoms with Gasteiger partial charge in [-0.2, -0.15) is 0 Å². The zero-order valence-corrected chi connectivity index (χ0v) is 51.8.